The maximum Gasteiger partial charge on any atom is 0.489 e. The zero-order valence-corrected chi connectivity index (χ0v) is 7.47. The van der Waals surface area contributed by atoms with Crippen molar-refractivity contribution in [2.24, 2.45) is 0 Å². The molecule has 2 nitrogen and oxygen atoms in total. The predicted molar refractivity (Wildman–Crippen MR) is 61.7 cm³/mol. The predicted octanol–water partition coefficient (Wildman–Crippen LogP) is 1.03. The summed E-state index contributed by atoms with van der Waals surface area (Å²) in [5.41, 5.74) is -1.70. The molecule has 0 saturated heterocycles. The van der Waals surface area contributed by atoms with Crippen molar-refractivity contribution in [3.05, 3.63) is 54.4 Å². The van der Waals surface area contributed by atoms with E-state index in [0.717, 1.165) is 0 Å². The molecule has 0 fully saturated rings. The largest absolute Gasteiger partial charge is 0.489 e. The molecule has 2 rings (SSSR count). The first-order chi connectivity index (χ1) is 11.0. The maximum absolute atomic E-state index is 9.52. The molecule has 0 radical (unpaired) electrons. The topological polar surface area (TPSA) is 40.5 Å². The molecule has 0 unspecified atom stereocenters. The van der Waals surface area contributed by atoms with Crippen LogP contribution in [-0.2, 0) is 0 Å². The highest BCUT2D eigenvalue weighted by atomic mass is 16.4. The van der Waals surface area contributed by atoms with Gasteiger partial charge in [0.05, 0.1) is 12.3 Å². The second-order valence-electron chi connectivity index (χ2n) is 2.66. The molecule has 0 aliphatic carbocycles. The Hall–Kier alpha value is -1.58. The van der Waals surface area contributed by atoms with Gasteiger partial charge in [0.25, 0.3) is 0 Å². The van der Waals surface area contributed by atoms with Crippen LogP contribution in [0.5, 0.6) is 0 Å². The van der Waals surface area contributed by atoms with Crippen molar-refractivity contribution in [1.82, 2.24) is 0 Å². The third kappa shape index (κ3) is 2.09. The summed E-state index contributed by atoms with van der Waals surface area (Å²) in [5.74, 6) is 0. The van der Waals surface area contributed by atoms with E-state index in [1.165, 1.54) is 0 Å². The summed E-state index contributed by atoms with van der Waals surface area (Å²) < 4.78 is 69.7. The van der Waals surface area contributed by atoms with Crippen molar-refractivity contribution < 1.29 is 22.4 Å². The lowest BCUT2D eigenvalue weighted by molar-refractivity contribution is 0.426. The summed E-state index contributed by atoms with van der Waals surface area (Å²) in [4.78, 5) is 0. The number of rotatable bonds is 2. The van der Waals surface area contributed by atoms with Crippen LogP contribution >= 0.6 is 0 Å². The molecule has 0 spiro atoms. The van der Waals surface area contributed by atoms with Crippen LogP contribution in [0.2, 0.25) is 0 Å². The molecular weight excluding hydrogens is 187 g/mol. The van der Waals surface area contributed by atoms with Gasteiger partial charge in [0, 0.05) is 0 Å². The van der Waals surface area contributed by atoms with E-state index in [1.54, 1.807) is 0 Å². The van der Waals surface area contributed by atoms with Crippen LogP contribution < -0.4 is 5.46 Å². The second-order valence-corrected chi connectivity index (χ2v) is 2.66. The Balaban J connectivity index is 3.10. The van der Waals surface area contributed by atoms with Crippen molar-refractivity contribution in [2.75, 3.05) is 0 Å². The third-order valence-electron chi connectivity index (χ3n) is 1.72. The summed E-state index contributed by atoms with van der Waals surface area (Å²) in [6.07, 6.45) is 0. The van der Waals surface area contributed by atoms with Crippen molar-refractivity contribution in [1.29, 1.82) is 0 Å². The molecule has 0 atom stereocenters. The number of benzene rings is 2. The molecule has 0 aliphatic heterocycles. The smallest absolute Gasteiger partial charge is 0.423 e. The van der Waals surface area contributed by atoms with Gasteiger partial charge in [0.1, 0.15) is 0 Å². The maximum atomic E-state index is 9.52. The summed E-state index contributed by atoms with van der Waals surface area (Å²) >= 11 is 0. The molecule has 0 aliphatic rings. The highest BCUT2D eigenvalue weighted by Crippen LogP contribution is 2.16. The lowest BCUT2D eigenvalue weighted by Gasteiger charge is -2.08. The molecule has 0 aromatic heterocycles. The van der Waals surface area contributed by atoms with Crippen LogP contribution in [0, 0.1) is 0 Å². The highest BCUT2D eigenvalue weighted by Gasteiger charge is 2.15. The van der Waals surface area contributed by atoms with Gasteiger partial charge in [0.2, 0.25) is 0 Å². The highest BCUT2D eigenvalue weighted by molar-refractivity contribution is 6.60. The Bertz CT molecular complexity index is 825. The lowest BCUT2D eigenvalue weighted by atomic mass is 9.75. The molecule has 2 aromatic rings. The summed E-state index contributed by atoms with van der Waals surface area (Å²) in [6.45, 7) is 0. The Labute approximate surface area is 102 Å². The summed E-state index contributed by atoms with van der Waals surface area (Å²) in [5, 5.41) is 19.0. The van der Waals surface area contributed by atoms with Gasteiger partial charge in [-0.25, -0.2) is 0 Å². The molecule has 0 bridgehead atoms. The van der Waals surface area contributed by atoms with Crippen molar-refractivity contribution in [3.63, 3.8) is 0 Å². The lowest BCUT2D eigenvalue weighted by Crippen LogP contribution is -2.31. The Kier molecular flexibility index (Phi) is 1.08. The van der Waals surface area contributed by atoms with E-state index in [0.29, 0.717) is 0 Å². The van der Waals surface area contributed by atoms with Crippen LogP contribution in [0.15, 0.2) is 54.4 Å². The van der Waals surface area contributed by atoms with Crippen molar-refractivity contribution in [2.45, 2.75) is 0 Å². The van der Waals surface area contributed by atoms with E-state index in [-0.39, 0.29) is 0 Å². The minimum Gasteiger partial charge on any atom is -0.423 e. The van der Waals surface area contributed by atoms with Crippen molar-refractivity contribution in [3.8, 4) is 11.1 Å². The molecule has 0 saturated carbocycles. The third-order valence-corrected chi connectivity index (χ3v) is 1.72. The molecule has 2 N–H and O–H groups in total. The fraction of sp³-hybridized carbons (Fsp3) is 0. The van der Waals surface area contributed by atoms with Gasteiger partial charge < -0.3 is 10.0 Å². The first-order valence-electron chi connectivity index (χ1n) is 8.56. The van der Waals surface area contributed by atoms with Crippen LogP contribution in [0.1, 0.15) is 12.3 Å². The van der Waals surface area contributed by atoms with Crippen molar-refractivity contribution >= 4 is 12.6 Å². The number of hydrogen-bond acceptors (Lipinski definition) is 2. The average molecular weight is 207 g/mol. The molecule has 0 amide bonds. The Morgan fingerprint density at radius 1 is 0.867 bits per heavy atom. The van der Waals surface area contributed by atoms with E-state index >= 15 is 0 Å². The zero-order valence-electron chi connectivity index (χ0n) is 16.5. The first kappa shape index (κ1) is 3.78. The van der Waals surface area contributed by atoms with Gasteiger partial charge in [0.15, 0.2) is 0 Å². The Morgan fingerprint density at radius 3 is 2.13 bits per heavy atom. The first-order valence-corrected chi connectivity index (χ1v) is 4.06. The van der Waals surface area contributed by atoms with Gasteiger partial charge in [-0.1, -0.05) is 54.4 Å². The normalized spacial score (nSPS) is 18.4. The van der Waals surface area contributed by atoms with Gasteiger partial charge in [-0.2, -0.15) is 0 Å². The van der Waals surface area contributed by atoms with Gasteiger partial charge in [-0.3, -0.25) is 0 Å². The van der Waals surface area contributed by atoms with Crippen LogP contribution in [0.3, 0.4) is 0 Å². The average Bonchev–Trinajstić information content (AvgIpc) is 2.53. The van der Waals surface area contributed by atoms with E-state index in [4.69, 9.17) is 12.3 Å². The van der Waals surface area contributed by atoms with Crippen LogP contribution in [0.4, 0.5) is 0 Å². The minimum absolute atomic E-state index is 0.517. The Morgan fingerprint density at radius 2 is 1.47 bits per heavy atom. The fourth-order valence-corrected chi connectivity index (χ4v) is 1.09. The van der Waals surface area contributed by atoms with E-state index in [9.17, 15) is 10.0 Å². The van der Waals surface area contributed by atoms with E-state index in [1.807, 2.05) is 0 Å². The van der Waals surface area contributed by atoms with Crippen LogP contribution in [0.25, 0.3) is 11.1 Å². The fourth-order valence-electron chi connectivity index (χ4n) is 1.09. The van der Waals surface area contributed by atoms with E-state index in [2.05, 4.69) is 0 Å². The molecule has 3 heteroatoms. The second kappa shape index (κ2) is 4.30. The van der Waals surface area contributed by atoms with Crippen LogP contribution in [-0.4, -0.2) is 17.2 Å². The number of hydrogen-bond donors (Lipinski definition) is 2. The molecule has 0 heterocycles. The summed E-state index contributed by atoms with van der Waals surface area (Å²) in [7, 11) is -2.32. The molecule has 74 valence electrons. The van der Waals surface area contributed by atoms with Gasteiger partial charge in [-0.05, 0) is 16.6 Å². The standard InChI is InChI=1S/C12H11BO2/c14-13(15)12-9-5-4-8-11(12)10-6-2-1-3-7-10/h1-9,14-15H/i1D,2D,3D,4D,5D,6D,7D,8D,9D. The molecular formula is C12H11BO2. The quantitative estimate of drug-likeness (QED) is 0.722. The van der Waals surface area contributed by atoms with E-state index < -0.39 is 78.1 Å². The molecule has 2 aromatic carbocycles. The summed E-state index contributed by atoms with van der Waals surface area (Å²) in [6, 6.07) is -6.38. The monoisotopic (exact) mass is 207 g/mol. The molecule has 15 heavy (non-hydrogen) atoms. The van der Waals surface area contributed by atoms with Gasteiger partial charge >= 0.3 is 7.12 Å². The van der Waals surface area contributed by atoms with Gasteiger partial charge in [-0.15, -0.1) is 0 Å². The SMILES string of the molecule is [2H]c1c([2H])c([2H])c(-c2c([2H])c([2H])c([2H])c([2H])c2B(O)O)c([2H])c1[2H]. The minimum atomic E-state index is -2.32. The zero-order chi connectivity index (χ0) is 18.5.